The molecular weight excluding hydrogens is 312 g/mol. The van der Waals surface area contributed by atoms with Crippen LogP contribution < -0.4 is 5.32 Å². The van der Waals surface area contributed by atoms with Crippen LogP contribution in [-0.2, 0) is 9.53 Å². The van der Waals surface area contributed by atoms with E-state index in [1.165, 1.54) is 43.5 Å². The molecule has 0 saturated heterocycles. The zero-order valence-electron chi connectivity index (χ0n) is 12.8. The van der Waals surface area contributed by atoms with E-state index in [0.29, 0.717) is 16.8 Å². The summed E-state index contributed by atoms with van der Waals surface area (Å²) in [6.07, 6.45) is 2.72. The molecule has 1 amide bonds. The van der Waals surface area contributed by atoms with Gasteiger partial charge in [-0.3, -0.25) is 14.9 Å². The van der Waals surface area contributed by atoms with E-state index in [1.54, 1.807) is 24.3 Å². The number of nitrogens with one attached hydrogen (secondary N) is 1. The maximum Gasteiger partial charge on any atom is 0.337 e. The van der Waals surface area contributed by atoms with Crippen molar-refractivity contribution in [3.63, 3.8) is 0 Å². The Labute approximate surface area is 137 Å². The monoisotopic (exact) mass is 326 g/mol. The topological polar surface area (TPSA) is 98.5 Å². The second-order valence-electron chi connectivity index (χ2n) is 4.75. The molecule has 0 fully saturated rings. The first-order valence-electron chi connectivity index (χ1n) is 6.91. The number of hydrogen-bond acceptors (Lipinski definition) is 5. The number of esters is 1. The third-order valence-corrected chi connectivity index (χ3v) is 3.06. The molecular formula is C17H14N2O5. The molecule has 0 heterocycles. The predicted molar refractivity (Wildman–Crippen MR) is 88.5 cm³/mol. The second-order valence-corrected chi connectivity index (χ2v) is 4.75. The second kappa shape index (κ2) is 7.68. The predicted octanol–water partition coefficient (Wildman–Crippen LogP) is 3.03. The Morgan fingerprint density at radius 3 is 2.62 bits per heavy atom. The molecule has 24 heavy (non-hydrogen) atoms. The van der Waals surface area contributed by atoms with E-state index < -0.39 is 16.8 Å². The number of benzene rings is 2. The SMILES string of the molecule is COC(=O)c1cccc(NC(=O)/C=C/c2cccc([N+](=O)[O-])c2)c1. The van der Waals surface area contributed by atoms with Crippen molar-refractivity contribution < 1.29 is 19.2 Å². The standard InChI is InChI=1S/C17H14N2O5/c1-24-17(21)13-5-3-6-14(11-13)18-16(20)9-8-12-4-2-7-15(10-12)19(22)23/h2-11H,1H3,(H,18,20)/b9-8+. The molecule has 0 aliphatic rings. The molecule has 1 N–H and O–H groups in total. The molecule has 0 spiro atoms. The minimum absolute atomic E-state index is 0.0525. The summed E-state index contributed by atoms with van der Waals surface area (Å²) < 4.78 is 4.61. The molecule has 2 aromatic rings. The van der Waals surface area contributed by atoms with Crippen molar-refractivity contribution in [2.45, 2.75) is 0 Å². The molecule has 7 nitrogen and oxygen atoms in total. The van der Waals surface area contributed by atoms with E-state index in [0.717, 1.165) is 0 Å². The number of nitro groups is 1. The Hall–Kier alpha value is -3.48. The minimum atomic E-state index is -0.504. The van der Waals surface area contributed by atoms with E-state index in [1.807, 2.05) is 0 Å². The van der Waals surface area contributed by atoms with Gasteiger partial charge in [0.05, 0.1) is 17.6 Å². The van der Waals surface area contributed by atoms with Crippen LogP contribution in [0.5, 0.6) is 0 Å². The molecule has 0 radical (unpaired) electrons. The summed E-state index contributed by atoms with van der Waals surface area (Å²) in [6.45, 7) is 0. The van der Waals surface area contributed by atoms with Gasteiger partial charge in [-0.15, -0.1) is 0 Å². The molecule has 122 valence electrons. The van der Waals surface area contributed by atoms with Gasteiger partial charge in [0, 0.05) is 23.9 Å². The van der Waals surface area contributed by atoms with E-state index >= 15 is 0 Å². The van der Waals surface area contributed by atoms with Crippen molar-refractivity contribution in [3.8, 4) is 0 Å². The van der Waals surface area contributed by atoms with Crippen LogP contribution in [0.1, 0.15) is 15.9 Å². The number of carbonyl (C=O) groups excluding carboxylic acids is 2. The molecule has 0 aliphatic carbocycles. The zero-order valence-corrected chi connectivity index (χ0v) is 12.8. The van der Waals surface area contributed by atoms with Gasteiger partial charge in [-0.1, -0.05) is 18.2 Å². The Morgan fingerprint density at radius 2 is 1.92 bits per heavy atom. The lowest BCUT2D eigenvalue weighted by Gasteiger charge is -2.04. The average molecular weight is 326 g/mol. The summed E-state index contributed by atoms with van der Waals surface area (Å²) in [6, 6.07) is 12.2. The van der Waals surface area contributed by atoms with Crippen LogP contribution in [0.2, 0.25) is 0 Å². The van der Waals surface area contributed by atoms with Crippen LogP contribution in [0.15, 0.2) is 54.6 Å². The highest BCUT2D eigenvalue weighted by atomic mass is 16.6. The molecule has 0 unspecified atom stereocenters. The van der Waals surface area contributed by atoms with Crippen LogP contribution in [-0.4, -0.2) is 23.9 Å². The van der Waals surface area contributed by atoms with Crippen molar-refractivity contribution in [3.05, 3.63) is 75.8 Å². The first kappa shape index (κ1) is 16.9. The fraction of sp³-hybridized carbons (Fsp3) is 0.0588. The summed E-state index contributed by atoms with van der Waals surface area (Å²) in [7, 11) is 1.27. The smallest absolute Gasteiger partial charge is 0.337 e. The van der Waals surface area contributed by atoms with E-state index in [2.05, 4.69) is 10.1 Å². The molecule has 0 saturated carbocycles. The normalized spacial score (nSPS) is 10.4. The summed E-state index contributed by atoms with van der Waals surface area (Å²) in [5, 5.41) is 13.3. The van der Waals surface area contributed by atoms with Gasteiger partial charge in [-0.25, -0.2) is 4.79 Å². The van der Waals surface area contributed by atoms with Crippen LogP contribution in [0, 0.1) is 10.1 Å². The Balaban J connectivity index is 2.07. The van der Waals surface area contributed by atoms with Crippen molar-refractivity contribution in [1.29, 1.82) is 0 Å². The Morgan fingerprint density at radius 1 is 1.17 bits per heavy atom. The molecule has 2 aromatic carbocycles. The van der Waals surface area contributed by atoms with Gasteiger partial charge >= 0.3 is 5.97 Å². The number of nitro benzene ring substituents is 1. The molecule has 0 atom stereocenters. The lowest BCUT2D eigenvalue weighted by atomic mass is 10.2. The van der Waals surface area contributed by atoms with Gasteiger partial charge < -0.3 is 10.1 Å². The Bertz CT molecular complexity index is 814. The number of amides is 1. The summed E-state index contributed by atoms with van der Waals surface area (Å²) in [5.74, 6) is -0.929. The third kappa shape index (κ3) is 4.51. The van der Waals surface area contributed by atoms with E-state index in [-0.39, 0.29) is 5.69 Å². The van der Waals surface area contributed by atoms with Crippen LogP contribution >= 0.6 is 0 Å². The maximum atomic E-state index is 11.9. The van der Waals surface area contributed by atoms with Crippen molar-refractivity contribution in [2.24, 2.45) is 0 Å². The van der Waals surface area contributed by atoms with Crippen LogP contribution in [0.4, 0.5) is 11.4 Å². The first-order chi connectivity index (χ1) is 11.5. The van der Waals surface area contributed by atoms with Gasteiger partial charge in [0.2, 0.25) is 5.91 Å². The number of rotatable bonds is 5. The van der Waals surface area contributed by atoms with Crippen molar-refractivity contribution in [1.82, 2.24) is 0 Å². The lowest BCUT2D eigenvalue weighted by Crippen LogP contribution is -2.09. The zero-order chi connectivity index (χ0) is 17.5. The van der Waals surface area contributed by atoms with Crippen molar-refractivity contribution in [2.75, 3.05) is 12.4 Å². The quantitative estimate of drug-likeness (QED) is 0.394. The first-order valence-corrected chi connectivity index (χ1v) is 6.91. The van der Waals surface area contributed by atoms with E-state index in [4.69, 9.17) is 0 Å². The lowest BCUT2D eigenvalue weighted by molar-refractivity contribution is -0.384. The molecule has 0 aromatic heterocycles. The van der Waals surface area contributed by atoms with Crippen LogP contribution in [0.3, 0.4) is 0 Å². The number of hydrogen-bond donors (Lipinski definition) is 1. The number of non-ortho nitro benzene ring substituents is 1. The number of anilines is 1. The molecule has 2 rings (SSSR count). The summed E-state index contributed by atoms with van der Waals surface area (Å²) in [4.78, 5) is 33.6. The highest BCUT2D eigenvalue weighted by molar-refractivity contribution is 6.02. The fourth-order valence-corrected chi connectivity index (χ4v) is 1.94. The third-order valence-electron chi connectivity index (χ3n) is 3.06. The van der Waals surface area contributed by atoms with Crippen LogP contribution in [0.25, 0.3) is 6.08 Å². The molecule has 0 aliphatic heterocycles. The van der Waals surface area contributed by atoms with Gasteiger partial charge in [-0.2, -0.15) is 0 Å². The van der Waals surface area contributed by atoms with Crippen molar-refractivity contribution >= 4 is 29.3 Å². The largest absolute Gasteiger partial charge is 0.465 e. The highest BCUT2D eigenvalue weighted by Gasteiger charge is 2.07. The highest BCUT2D eigenvalue weighted by Crippen LogP contribution is 2.15. The number of nitrogens with zero attached hydrogens (tertiary/aromatic N) is 1. The maximum absolute atomic E-state index is 11.9. The van der Waals surface area contributed by atoms with Gasteiger partial charge in [0.15, 0.2) is 0 Å². The average Bonchev–Trinajstić information content (AvgIpc) is 2.59. The fourth-order valence-electron chi connectivity index (χ4n) is 1.94. The molecule has 7 heteroatoms. The number of methoxy groups -OCH3 is 1. The minimum Gasteiger partial charge on any atom is -0.465 e. The Kier molecular flexibility index (Phi) is 5.40. The number of ether oxygens (including phenoxy) is 1. The summed E-state index contributed by atoms with van der Waals surface area (Å²) in [5.41, 5.74) is 1.23. The number of carbonyl (C=O) groups is 2. The molecule has 0 bridgehead atoms. The van der Waals surface area contributed by atoms with Gasteiger partial charge in [0.1, 0.15) is 0 Å². The van der Waals surface area contributed by atoms with Gasteiger partial charge in [0.25, 0.3) is 5.69 Å². The summed E-state index contributed by atoms with van der Waals surface area (Å²) >= 11 is 0. The van der Waals surface area contributed by atoms with Gasteiger partial charge in [-0.05, 0) is 29.8 Å². The van der Waals surface area contributed by atoms with E-state index in [9.17, 15) is 19.7 Å².